The zero-order valence-electron chi connectivity index (χ0n) is 11.3. The fourth-order valence-corrected chi connectivity index (χ4v) is 2.52. The van der Waals surface area contributed by atoms with Crippen LogP contribution in [-0.4, -0.2) is 25.9 Å². The maximum Gasteiger partial charge on any atom is 0.141 e. The summed E-state index contributed by atoms with van der Waals surface area (Å²) in [7, 11) is 1.71. The van der Waals surface area contributed by atoms with E-state index in [9.17, 15) is 0 Å². The van der Waals surface area contributed by atoms with Gasteiger partial charge in [-0.1, -0.05) is 25.5 Å². The van der Waals surface area contributed by atoms with Crippen LogP contribution in [-0.2, 0) is 4.74 Å². The fraction of sp³-hybridized carbons (Fsp3) is 0.600. The Kier molecular flexibility index (Phi) is 4.88. The van der Waals surface area contributed by atoms with Crippen molar-refractivity contribution in [3.05, 3.63) is 24.3 Å². The second-order valence-electron chi connectivity index (χ2n) is 4.85. The van der Waals surface area contributed by atoms with Crippen LogP contribution in [0.15, 0.2) is 24.3 Å². The minimum atomic E-state index is 0.413. The van der Waals surface area contributed by atoms with Crippen molar-refractivity contribution in [2.24, 2.45) is 0 Å². The van der Waals surface area contributed by atoms with Crippen LogP contribution in [0.2, 0.25) is 0 Å². The highest BCUT2D eigenvalue weighted by Gasteiger charge is 2.22. The lowest BCUT2D eigenvalue weighted by atomic mass is 10.00. The van der Waals surface area contributed by atoms with Gasteiger partial charge in [0.15, 0.2) is 0 Å². The molecule has 1 saturated heterocycles. The van der Waals surface area contributed by atoms with Crippen LogP contribution < -0.4 is 10.1 Å². The second-order valence-corrected chi connectivity index (χ2v) is 4.85. The third-order valence-corrected chi connectivity index (χ3v) is 3.44. The van der Waals surface area contributed by atoms with Crippen LogP contribution >= 0.6 is 0 Å². The van der Waals surface area contributed by atoms with Gasteiger partial charge in [-0.15, -0.1) is 0 Å². The molecule has 2 atom stereocenters. The van der Waals surface area contributed by atoms with Gasteiger partial charge < -0.3 is 14.8 Å². The number of para-hydroxylation sites is 2. The molecule has 100 valence electrons. The Bertz CT molecular complexity index is 365. The largest absolute Gasteiger partial charge is 0.495 e. The van der Waals surface area contributed by atoms with Crippen molar-refractivity contribution < 1.29 is 9.47 Å². The molecule has 1 aromatic rings. The van der Waals surface area contributed by atoms with E-state index in [0.717, 1.165) is 37.3 Å². The van der Waals surface area contributed by atoms with Gasteiger partial charge in [0.2, 0.25) is 0 Å². The minimum Gasteiger partial charge on any atom is -0.495 e. The van der Waals surface area contributed by atoms with E-state index in [1.807, 2.05) is 18.2 Å². The van der Waals surface area contributed by atoms with Crippen molar-refractivity contribution in [2.45, 2.75) is 44.8 Å². The highest BCUT2D eigenvalue weighted by Crippen LogP contribution is 2.27. The zero-order valence-corrected chi connectivity index (χ0v) is 11.3. The quantitative estimate of drug-likeness (QED) is 0.867. The van der Waals surface area contributed by atoms with Gasteiger partial charge in [0.25, 0.3) is 0 Å². The number of benzene rings is 1. The van der Waals surface area contributed by atoms with E-state index in [1.165, 1.54) is 6.42 Å². The summed E-state index contributed by atoms with van der Waals surface area (Å²) in [6.45, 7) is 3.07. The summed E-state index contributed by atoms with van der Waals surface area (Å²) >= 11 is 0. The molecule has 18 heavy (non-hydrogen) atoms. The van der Waals surface area contributed by atoms with Crippen LogP contribution in [0, 0.1) is 0 Å². The van der Waals surface area contributed by atoms with Crippen LogP contribution in [0.3, 0.4) is 0 Å². The summed E-state index contributed by atoms with van der Waals surface area (Å²) in [6.07, 6.45) is 4.91. The molecule has 0 spiro atoms. The number of methoxy groups -OCH3 is 1. The van der Waals surface area contributed by atoms with Crippen LogP contribution in [0.4, 0.5) is 5.69 Å². The first-order chi connectivity index (χ1) is 8.83. The molecule has 1 fully saturated rings. The van der Waals surface area contributed by atoms with Gasteiger partial charge in [-0.05, 0) is 31.4 Å². The Balaban J connectivity index is 1.96. The van der Waals surface area contributed by atoms with E-state index in [1.54, 1.807) is 7.11 Å². The Morgan fingerprint density at radius 1 is 1.39 bits per heavy atom. The molecule has 3 nitrogen and oxygen atoms in total. The standard InChI is InChI=1S/C15H23NO2/c1-3-6-13-11-12(9-10-18-13)16-14-7-4-5-8-15(14)17-2/h4-5,7-8,12-13,16H,3,6,9-11H2,1-2H3. The number of rotatable bonds is 5. The SMILES string of the molecule is CCCC1CC(Nc2ccccc2OC)CCO1. The predicted molar refractivity (Wildman–Crippen MR) is 74.3 cm³/mol. The Labute approximate surface area is 109 Å². The normalized spacial score (nSPS) is 23.7. The smallest absolute Gasteiger partial charge is 0.141 e. The maximum atomic E-state index is 5.77. The van der Waals surface area contributed by atoms with Crippen LogP contribution in [0.25, 0.3) is 0 Å². The monoisotopic (exact) mass is 249 g/mol. The first-order valence-electron chi connectivity index (χ1n) is 6.84. The molecule has 2 rings (SSSR count). The molecule has 1 aliphatic heterocycles. The number of ether oxygens (including phenoxy) is 2. The second kappa shape index (κ2) is 6.64. The lowest BCUT2D eigenvalue weighted by molar-refractivity contribution is 0.00595. The molecule has 0 aliphatic carbocycles. The van der Waals surface area contributed by atoms with E-state index in [2.05, 4.69) is 18.3 Å². The van der Waals surface area contributed by atoms with Crippen molar-refractivity contribution in [1.82, 2.24) is 0 Å². The molecule has 0 saturated carbocycles. The zero-order chi connectivity index (χ0) is 12.8. The van der Waals surface area contributed by atoms with Gasteiger partial charge in [-0.25, -0.2) is 0 Å². The van der Waals surface area contributed by atoms with Crippen LogP contribution in [0.1, 0.15) is 32.6 Å². The number of anilines is 1. The number of nitrogens with one attached hydrogen (secondary N) is 1. The summed E-state index contributed by atoms with van der Waals surface area (Å²) in [4.78, 5) is 0. The van der Waals surface area contributed by atoms with Crippen molar-refractivity contribution in [3.63, 3.8) is 0 Å². The van der Waals surface area contributed by atoms with Gasteiger partial charge in [-0.3, -0.25) is 0 Å². The third kappa shape index (κ3) is 3.39. The summed E-state index contributed by atoms with van der Waals surface area (Å²) < 4.78 is 11.1. The summed E-state index contributed by atoms with van der Waals surface area (Å²) in [5.41, 5.74) is 1.09. The van der Waals surface area contributed by atoms with E-state index < -0.39 is 0 Å². The van der Waals surface area contributed by atoms with Crippen molar-refractivity contribution in [1.29, 1.82) is 0 Å². The van der Waals surface area contributed by atoms with E-state index >= 15 is 0 Å². The molecule has 1 aliphatic rings. The lowest BCUT2D eigenvalue weighted by Crippen LogP contribution is -2.34. The lowest BCUT2D eigenvalue weighted by Gasteiger charge is -2.31. The summed E-state index contributed by atoms with van der Waals surface area (Å²) in [5, 5.41) is 3.58. The summed E-state index contributed by atoms with van der Waals surface area (Å²) in [5.74, 6) is 0.913. The molecule has 2 unspecified atom stereocenters. The Morgan fingerprint density at radius 2 is 2.22 bits per heavy atom. The van der Waals surface area contributed by atoms with Gasteiger partial charge in [-0.2, -0.15) is 0 Å². The highest BCUT2D eigenvalue weighted by molar-refractivity contribution is 5.56. The van der Waals surface area contributed by atoms with Gasteiger partial charge in [0, 0.05) is 12.6 Å². The van der Waals surface area contributed by atoms with E-state index in [-0.39, 0.29) is 0 Å². The van der Waals surface area contributed by atoms with Crippen LogP contribution in [0.5, 0.6) is 5.75 Å². The first kappa shape index (κ1) is 13.2. The number of hydrogen-bond acceptors (Lipinski definition) is 3. The molecule has 1 N–H and O–H groups in total. The topological polar surface area (TPSA) is 30.5 Å². The molecule has 0 radical (unpaired) electrons. The van der Waals surface area contributed by atoms with E-state index in [0.29, 0.717) is 12.1 Å². The maximum absolute atomic E-state index is 5.77. The minimum absolute atomic E-state index is 0.413. The van der Waals surface area contributed by atoms with Crippen molar-refractivity contribution >= 4 is 5.69 Å². The molecular formula is C15H23NO2. The molecule has 0 amide bonds. The Morgan fingerprint density at radius 3 is 3.00 bits per heavy atom. The van der Waals surface area contributed by atoms with Crippen molar-refractivity contribution in [3.8, 4) is 5.75 Å². The molecule has 3 heteroatoms. The van der Waals surface area contributed by atoms with Gasteiger partial charge in [0.1, 0.15) is 5.75 Å². The number of hydrogen-bond donors (Lipinski definition) is 1. The Hall–Kier alpha value is -1.22. The predicted octanol–water partition coefficient (Wildman–Crippen LogP) is 3.45. The molecule has 1 heterocycles. The molecular weight excluding hydrogens is 226 g/mol. The molecule has 1 aromatic carbocycles. The average molecular weight is 249 g/mol. The summed E-state index contributed by atoms with van der Waals surface area (Å²) in [6, 6.07) is 8.59. The highest BCUT2D eigenvalue weighted by atomic mass is 16.5. The van der Waals surface area contributed by atoms with E-state index in [4.69, 9.17) is 9.47 Å². The molecule has 0 aromatic heterocycles. The molecule has 0 bridgehead atoms. The van der Waals surface area contributed by atoms with Crippen molar-refractivity contribution in [2.75, 3.05) is 19.0 Å². The third-order valence-electron chi connectivity index (χ3n) is 3.44. The first-order valence-corrected chi connectivity index (χ1v) is 6.84. The fourth-order valence-electron chi connectivity index (χ4n) is 2.52. The van der Waals surface area contributed by atoms with Gasteiger partial charge in [0.05, 0.1) is 18.9 Å². The average Bonchev–Trinajstić information content (AvgIpc) is 2.40. The van der Waals surface area contributed by atoms with Gasteiger partial charge >= 0.3 is 0 Å².